The number of nitrogens with zero attached hydrogens (tertiary/aromatic N) is 1. The molecule has 1 amide bonds. The lowest BCUT2D eigenvalue weighted by Gasteiger charge is -2.28. The molecule has 4 heteroatoms. The lowest BCUT2D eigenvalue weighted by molar-refractivity contribution is -0.114. The van der Waals surface area contributed by atoms with E-state index in [9.17, 15) is 9.59 Å². The smallest absolute Gasteiger partial charge is 0.221 e. The van der Waals surface area contributed by atoms with Gasteiger partial charge in [0.15, 0.2) is 5.78 Å². The maximum absolute atomic E-state index is 12.5. The van der Waals surface area contributed by atoms with E-state index in [1.165, 1.54) is 6.92 Å². The highest BCUT2D eigenvalue weighted by Crippen LogP contribution is 2.25. The van der Waals surface area contributed by atoms with Crippen LogP contribution in [0.15, 0.2) is 24.3 Å². The van der Waals surface area contributed by atoms with Gasteiger partial charge in [0, 0.05) is 18.4 Å². The number of para-hydroxylation sites is 1. The van der Waals surface area contributed by atoms with Crippen molar-refractivity contribution in [2.24, 2.45) is 5.92 Å². The third kappa shape index (κ3) is 3.41. The van der Waals surface area contributed by atoms with Gasteiger partial charge in [0.2, 0.25) is 5.91 Å². The van der Waals surface area contributed by atoms with Crippen LogP contribution in [-0.2, 0) is 4.79 Å². The zero-order valence-electron chi connectivity index (χ0n) is 11.5. The fourth-order valence-corrected chi connectivity index (χ4v) is 2.49. The van der Waals surface area contributed by atoms with Crippen molar-refractivity contribution in [1.29, 1.82) is 0 Å². The van der Waals surface area contributed by atoms with E-state index in [2.05, 4.69) is 17.3 Å². The van der Waals surface area contributed by atoms with Gasteiger partial charge in [-0.3, -0.25) is 9.59 Å². The number of rotatable bonds is 3. The number of piperidine rings is 1. The van der Waals surface area contributed by atoms with Crippen molar-refractivity contribution in [3.8, 4) is 0 Å². The van der Waals surface area contributed by atoms with Gasteiger partial charge < -0.3 is 10.2 Å². The maximum Gasteiger partial charge on any atom is 0.221 e. The number of carbonyl (C=O) groups excluding carboxylic acids is 2. The number of hydrogen-bond donors (Lipinski definition) is 1. The van der Waals surface area contributed by atoms with Crippen molar-refractivity contribution < 1.29 is 9.59 Å². The number of likely N-dealkylation sites (tertiary alicyclic amines) is 1. The fourth-order valence-electron chi connectivity index (χ4n) is 2.49. The Labute approximate surface area is 113 Å². The molecule has 4 nitrogen and oxygen atoms in total. The van der Waals surface area contributed by atoms with Crippen molar-refractivity contribution in [1.82, 2.24) is 4.90 Å². The minimum Gasteiger partial charge on any atom is -0.326 e. The van der Waals surface area contributed by atoms with Gasteiger partial charge in [0.25, 0.3) is 0 Å². The molecule has 1 aromatic rings. The van der Waals surface area contributed by atoms with Gasteiger partial charge in [-0.05, 0) is 45.1 Å². The minimum atomic E-state index is -0.149. The largest absolute Gasteiger partial charge is 0.326 e. The lowest BCUT2D eigenvalue weighted by Crippen LogP contribution is -2.33. The minimum absolute atomic E-state index is 0.0751. The summed E-state index contributed by atoms with van der Waals surface area (Å²) in [4.78, 5) is 26.0. The number of nitrogens with one attached hydrogen (secondary N) is 1. The van der Waals surface area contributed by atoms with E-state index in [0.29, 0.717) is 11.3 Å². The summed E-state index contributed by atoms with van der Waals surface area (Å²) < 4.78 is 0. The molecule has 0 aliphatic carbocycles. The highest BCUT2D eigenvalue weighted by Gasteiger charge is 2.25. The van der Waals surface area contributed by atoms with E-state index in [-0.39, 0.29) is 17.6 Å². The van der Waals surface area contributed by atoms with Crippen molar-refractivity contribution in [2.75, 3.05) is 25.5 Å². The van der Waals surface area contributed by atoms with Gasteiger partial charge in [-0.1, -0.05) is 12.1 Å². The topological polar surface area (TPSA) is 49.4 Å². The summed E-state index contributed by atoms with van der Waals surface area (Å²) in [5.41, 5.74) is 1.26. The second-order valence-electron chi connectivity index (χ2n) is 5.17. The summed E-state index contributed by atoms with van der Waals surface area (Å²) in [6.07, 6.45) is 1.79. The zero-order valence-corrected chi connectivity index (χ0v) is 11.5. The van der Waals surface area contributed by atoms with Crippen molar-refractivity contribution in [3.05, 3.63) is 29.8 Å². The predicted molar refractivity (Wildman–Crippen MR) is 75.3 cm³/mol. The number of Topliss-reactive ketones (excluding diaryl/α,β-unsaturated/α-hetero) is 1. The summed E-state index contributed by atoms with van der Waals surface area (Å²) >= 11 is 0. The molecule has 1 N–H and O–H groups in total. The fraction of sp³-hybridized carbons (Fsp3) is 0.467. The highest BCUT2D eigenvalue weighted by molar-refractivity contribution is 6.05. The Morgan fingerprint density at radius 1 is 1.21 bits per heavy atom. The Morgan fingerprint density at radius 3 is 2.47 bits per heavy atom. The first kappa shape index (κ1) is 13.7. The molecule has 1 aliphatic rings. The molecular formula is C15H20N2O2. The van der Waals surface area contributed by atoms with Crippen molar-refractivity contribution in [3.63, 3.8) is 0 Å². The summed E-state index contributed by atoms with van der Waals surface area (Å²) in [5.74, 6) is 0.0761. The van der Waals surface area contributed by atoms with E-state index in [4.69, 9.17) is 0 Å². The Kier molecular flexibility index (Phi) is 4.32. The van der Waals surface area contributed by atoms with Crippen LogP contribution in [-0.4, -0.2) is 36.7 Å². The van der Waals surface area contributed by atoms with E-state index in [1.54, 1.807) is 12.1 Å². The number of carbonyl (C=O) groups is 2. The Balaban J connectivity index is 2.16. The first-order chi connectivity index (χ1) is 9.08. The van der Waals surface area contributed by atoms with E-state index in [0.717, 1.165) is 25.9 Å². The van der Waals surface area contributed by atoms with Crippen LogP contribution in [0.3, 0.4) is 0 Å². The first-order valence-corrected chi connectivity index (χ1v) is 6.67. The van der Waals surface area contributed by atoms with Crippen LogP contribution in [0.2, 0.25) is 0 Å². The molecular weight excluding hydrogens is 240 g/mol. The number of hydrogen-bond acceptors (Lipinski definition) is 3. The van der Waals surface area contributed by atoms with Crippen LogP contribution in [0.25, 0.3) is 0 Å². The molecule has 19 heavy (non-hydrogen) atoms. The van der Waals surface area contributed by atoms with Crippen LogP contribution in [0.5, 0.6) is 0 Å². The average molecular weight is 260 g/mol. The number of benzene rings is 1. The molecule has 2 rings (SSSR count). The van der Waals surface area contributed by atoms with E-state index in [1.807, 2.05) is 12.1 Å². The quantitative estimate of drug-likeness (QED) is 0.847. The average Bonchev–Trinajstić information content (AvgIpc) is 2.39. The van der Waals surface area contributed by atoms with Gasteiger partial charge in [-0.15, -0.1) is 0 Å². The Bertz CT molecular complexity index is 477. The molecule has 1 aliphatic heterocycles. The molecule has 0 spiro atoms. The lowest BCUT2D eigenvalue weighted by atomic mass is 9.88. The molecule has 1 heterocycles. The number of anilines is 1. The molecule has 0 radical (unpaired) electrons. The Morgan fingerprint density at radius 2 is 1.84 bits per heavy atom. The zero-order chi connectivity index (χ0) is 13.8. The molecule has 0 atom stereocenters. The summed E-state index contributed by atoms with van der Waals surface area (Å²) in [7, 11) is 2.08. The van der Waals surface area contributed by atoms with E-state index < -0.39 is 0 Å². The van der Waals surface area contributed by atoms with Gasteiger partial charge in [-0.25, -0.2) is 0 Å². The van der Waals surface area contributed by atoms with Crippen LogP contribution in [0, 0.1) is 5.92 Å². The summed E-state index contributed by atoms with van der Waals surface area (Å²) in [6.45, 7) is 3.37. The first-order valence-electron chi connectivity index (χ1n) is 6.67. The highest BCUT2D eigenvalue weighted by atomic mass is 16.1. The number of amides is 1. The third-order valence-electron chi connectivity index (χ3n) is 3.59. The molecule has 0 bridgehead atoms. The van der Waals surface area contributed by atoms with Crippen LogP contribution >= 0.6 is 0 Å². The molecule has 0 unspecified atom stereocenters. The molecule has 1 fully saturated rings. The third-order valence-corrected chi connectivity index (χ3v) is 3.59. The molecule has 1 aromatic carbocycles. The van der Waals surface area contributed by atoms with Gasteiger partial charge in [-0.2, -0.15) is 0 Å². The van der Waals surface area contributed by atoms with Crippen molar-refractivity contribution in [2.45, 2.75) is 19.8 Å². The molecule has 0 aromatic heterocycles. The standard InChI is InChI=1S/C15H20N2O2/c1-11(18)16-14-6-4-3-5-13(14)15(19)12-7-9-17(2)10-8-12/h3-6,12H,7-10H2,1-2H3,(H,16,18). The molecule has 1 saturated heterocycles. The van der Waals surface area contributed by atoms with Gasteiger partial charge in [0.05, 0.1) is 5.69 Å². The van der Waals surface area contributed by atoms with Crippen LogP contribution in [0.1, 0.15) is 30.1 Å². The van der Waals surface area contributed by atoms with Crippen LogP contribution < -0.4 is 5.32 Å². The predicted octanol–water partition coefficient (Wildman–Crippen LogP) is 2.17. The molecule has 0 saturated carbocycles. The van der Waals surface area contributed by atoms with E-state index >= 15 is 0 Å². The maximum atomic E-state index is 12.5. The second-order valence-corrected chi connectivity index (χ2v) is 5.17. The van der Waals surface area contributed by atoms with Gasteiger partial charge in [0.1, 0.15) is 0 Å². The Hall–Kier alpha value is -1.68. The number of ketones is 1. The van der Waals surface area contributed by atoms with Crippen molar-refractivity contribution >= 4 is 17.4 Å². The monoisotopic (exact) mass is 260 g/mol. The SMILES string of the molecule is CC(=O)Nc1ccccc1C(=O)C1CCN(C)CC1. The second kappa shape index (κ2) is 5.97. The molecule has 102 valence electrons. The summed E-state index contributed by atoms with van der Waals surface area (Å²) in [6, 6.07) is 7.25. The van der Waals surface area contributed by atoms with Crippen LogP contribution in [0.4, 0.5) is 5.69 Å². The van der Waals surface area contributed by atoms with Gasteiger partial charge >= 0.3 is 0 Å². The summed E-state index contributed by atoms with van der Waals surface area (Å²) in [5, 5.41) is 2.73. The normalized spacial score (nSPS) is 17.2.